The molecule has 2 aromatic rings. The van der Waals surface area contributed by atoms with Crippen LogP contribution in [-0.2, 0) is 14.3 Å². The fourth-order valence-corrected chi connectivity index (χ4v) is 4.90. The van der Waals surface area contributed by atoms with Gasteiger partial charge in [-0.3, -0.25) is 4.79 Å². The van der Waals surface area contributed by atoms with Crippen molar-refractivity contribution in [3.05, 3.63) is 69.1 Å². The topological polar surface area (TPSA) is 68.5 Å². The molecule has 0 fully saturated rings. The number of Topliss-reactive ketones (excluding diaryl/α,β-unsaturated/α-hetero) is 1. The standard InChI is InChI=1S/C22H23NO4S/c1-12(2)27-22(25)19-13(3)23-15-10-14(17-6-4-8-26-17)11-16(24)20(15)21(19)18-7-5-9-28-18/h4-9,12,14,21,23H,10-11H2,1-3H3/t14-,21-/m0/s1. The highest BCUT2D eigenvalue weighted by atomic mass is 32.1. The molecule has 0 bridgehead atoms. The summed E-state index contributed by atoms with van der Waals surface area (Å²) >= 11 is 1.55. The van der Waals surface area contributed by atoms with Crippen molar-refractivity contribution in [2.24, 2.45) is 0 Å². The molecule has 0 amide bonds. The molecule has 2 atom stereocenters. The van der Waals surface area contributed by atoms with Gasteiger partial charge in [0, 0.05) is 34.2 Å². The van der Waals surface area contributed by atoms with Crippen LogP contribution >= 0.6 is 11.3 Å². The number of dihydropyridines is 1. The quantitative estimate of drug-likeness (QED) is 0.761. The van der Waals surface area contributed by atoms with Gasteiger partial charge in [0.15, 0.2) is 5.78 Å². The van der Waals surface area contributed by atoms with Crippen LogP contribution in [0, 0.1) is 0 Å². The lowest BCUT2D eigenvalue weighted by Gasteiger charge is -2.35. The van der Waals surface area contributed by atoms with Gasteiger partial charge in [0.1, 0.15) is 5.76 Å². The number of ketones is 1. The van der Waals surface area contributed by atoms with Gasteiger partial charge >= 0.3 is 5.97 Å². The molecule has 0 saturated heterocycles. The number of carbonyl (C=O) groups excluding carboxylic acids is 2. The van der Waals surface area contributed by atoms with Crippen LogP contribution in [0.2, 0.25) is 0 Å². The maximum absolute atomic E-state index is 13.2. The Morgan fingerprint density at radius 3 is 2.75 bits per heavy atom. The highest BCUT2D eigenvalue weighted by molar-refractivity contribution is 7.10. The molecule has 3 heterocycles. The largest absolute Gasteiger partial charge is 0.469 e. The number of hydrogen-bond acceptors (Lipinski definition) is 6. The zero-order chi connectivity index (χ0) is 19.8. The minimum absolute atomic E-state index is 0.00898. The Balaban J connectivity index is 1.77. The number of rotatable bonds is 4. The van der Waals surface area contributed by atoms with Gasteiger partial charge in [0.05, 0.1) is 23.9 Å². The second kappa shape index (κ2) is 7.43. The lowest BCUT2D eigenvalue weighted by atomic mass is 9.74. The van der Waals surface area contributed by atoms with E-state index < -0.39 is 0 Å². The molecule has 1 N–H and O–H groups in total. The average molecular weight is 397 g/mol. The first kappa shape index (κ1) is 18.7. The Hall–Kier alpha value is -2.60. The molecule has 4 rings (SSSR count). The van der Waals surface area contributed by atoms with Crippen molar-refractivity contribution in [2.45, 2.75) is 51.6 Å². The average Bonchev–Trinajstić information content (AvgIpc) is 3.33. The number of furan rings is 1. The smallest absolute Gasteiger partial charge is 0.337 e. The number of ether oxygens (including phenoxy) is 1. The Morgan fingerprint density at radius 2 is 2.11 bits per heavy atom. The van der Waals surface area contributed by atoms with Gasteiger partial charge in [-0.1, -0.05) is 6.07 Å². The van der Waals surface area contributed by atoms with Crippen molar-refractivity contribution in [1.29, 1.82) is 0 Å². The zero-order valence-corrected chi connectivity index (χ0v) is 17.0. The van der Waals surface area contributed by atoms with Crippen LogP contribution in [0.5, 0.6) is 0 Å². The third-order valence-electron chi connectivity index (χ3n) is 5.16. The predicted molar refractivity (Wildman–Crippen MR) is 107 cm³/mol. The summed E-state index contributed by atoms with van der Waals surface area (Å²) in [5.41, 5.74) is 2.84. The molecule has 1 aliphatic carbocycles. The van der Waals surface area contributed by atoms with E-state index in [1.165, 1.54) is 0 Å². The lowest BCUT2D eigenvalue weighted by Crippen LogP contribution is -2.36. The maximum atomic E-state index is 13.2. The van der Waals surface area contributed by atoms with Crippen LogP contribution in [0.4, 0.5) is 0 Å². The van der Waals surface area contributed by atoms with Crippen LogP contribution in [-0.4, -0.2) is 17.9 Å². The zero-order valence-electron chi connectivity index (χ0n) is 16.2. The van der Waals surface area contributed by atoms with E-state index in [9.17, 15) is 9.59 Å². The minimum atomic E-state index is -0.382. The van der Waals surface area contributed by atoms with Gasteiger partial charge in [0.25, 0.3) is 0 Å². The van der Waals surface area contributed by atoms with Crippen LogP contribution in [0.15, 0.2) is 62.9 Å². The van der Waals surface area contributed by atoms with E-state index in [4.69, 9.17) is 9.15 Å². The monoisotopic (exact) mass is 397 g/mol. The second-order valence-electron chi connectivity index (χ2n) is 7.50. The molecule has 0 radical (unpaired) electrons. The summed E-state index contributed by atoms with van der Waals surface area (Å²) in [5.74, 6) is 0.130. The van der Waals surface area contributed by atoms with Crippen LogP contribution in [0.25, 0.3) is 0 Å². The van der Waals surface area contributed by atoms with Gasteiger partial charge < -0.3 is 14.5 Å². The third-order valence-corrected chi connectivity index (χ3v) is 6.10. The number of thiophene rings is 1. The molecule has 5 nitrogen and oxygen atoms in total. The van der Waals surface area contributed by atoms with Crippen molar-refractivity contribution >= 4 is 23.1 Å². The van der Waals surface area contributed by atoms with E-state index in [2.05, 4.69) is 5.32 Å². The molecule has 0 aromatic carbocycles. The molecule has 2 aromatic heterocycles. The van der Waals surface area contributed by atoms with Gasteiger partial charge in [-0.15, -0.1) is 11.3 Å². The lowest BCUT2D eigenvalue weighted by molar-refractivity contribution is -0.143. The summed E-state index contributed by atoms with van der Waals surface area (Å²) < 4.78 is 11.0. The van der Waals surface area contributed by atoms with Crippen LogP contribution in [0.3, 0.4) is 0 Å². The SMILES string of the molecule is CC1=C(C(=O)OC(C)C)[C@H](c2cccs2)C2=C(C[C@H](c3ccco3)CC2=O)N1. The highest BCUT2D eigenvalue weighted by Crippen LogP contribution is 2.46. The molecule has 0 saturated carbocycles. The van der Waals surface area contributed by atoms with Crippen molar-refractivity contribution in [1.82, 2.24) is 5.32 Å². The summed E-state index contributed by atoms with van der Waals surface area (Å²) in [6.07, 6.45) is 2.47. The molecule has 6 heteroatoms. The molecule has 0 spiro atoms. The number of carbonyl (C=O) groups is 2. The summed E-state index contributed by atoms with van der Waals surface area (Å²) in [6, 6.07) is 7.68. The molecule has 1 aliphatic heterocycles. The van der Waals surface area contributed by atoms with Crippen LogP contribution < -0.4 is 5.32 Å². The van der Waals surface area contributed by atoms with E-state index in [-0.39, 0.29) is 29.7 Å². The number of allylic oxidation sites excluding steroid dienone is 3. The summed E-state index contributed by atoms with van der Waals surface area (Å²) in [7, 11) is 0. The first-order chi connectivity index (χ1) is 13.5. The van der Waals surface area contributed by atoms with Crippen molar-refractivity contribution < 1.29 is 18.7 Å². The predicted octanol–water partition coefficient (Wildman–Crippen LogP) is 4.65. The van der Waals surface area contributed by atoms with Gasteiger partial charge in [-0.2, -0.15) is 0 Å². The van der Waals surface area contributed by atoms with E-state index in [1.807, 2.05) is 50.4 Å². The Morgan fingerprint density at radius 1 is 1.29 bits per heavy atom. The number of esters is 1. The van der Waals surface area contributed by atoms with Crippen molar-refractivity contribution in [2.75, 3.05) is 0 Å². The maximum Gasteiger partial charge on any atom is 0.337 e. The van der Waals surface area contributed by atoms with Gasteiger partial charge in [-0.05, 0) is 50.8 Å². The fraction of sp³-hybridized carbons (Fsp3) is 0.364. The molecule has 28 heavy (non-hydrogen) atoms. The Bertz CT molecular complexity index is 951. The summed E-state index contributed by atoms with van der Waals surface area (Å²) in [5, 5.41) is 5.31. The van der Waals surface area contributed by atoms with E-state index in [0.717, 1.165) is 22.0 Å². The summed E-state index contributed by atoms with van der Waals surface area (Å²) in [6.45, 7) is 5.53. The Kier molecular flexibility index (Phi) is 4.98. The van der Waals surface area contributed by atoms with E-state index in [0.29, 0.717) is 24.0 Å². The minimum Gasteiger partial charge on any atom is -0.469 e. The van der Waals surface area contributed by atoms with Gasteiger partial charge in [0.2, 0.25) is 0 Å². The molecular formula is C22H23NO4S. The first-order valence-electron chi connectivity index (χ1n) is 9.47. The number of nitrogens with one attached hydrogen (secondary N) is 1. The van der Waals surface area contributed by atoms with Gasteiger partial charge in [-0.25, -0.2) is 4.79 Å². The number of hydrogen-bond donors (Lipinski definition) is 1. The Labute approximate surface area is 168 Å². The first-order valence-corrected chi connectivity index (χ1v) is 10.4. The molecular weight excluding hydrogens is 374 g/mol. The highest BCUT2D eigenvalue weighted by Gasteiger charge is 2.42. The molecule has 0 unspecified atom stereocenters. The van der Waals surface area contributed by atoms with E-state index in [1.54, 1.807) is 17.6 Å². The normalized spacial score (nSPS) is 22.4. The summed E-state index contributed by atoms with van der Waals surface area (Å²) in [4.78, 5) is 27.1. The molecule has 146 valence electrons. The third kappa shape index (κ3) is 3.33. The molecule has 2 aliphatic rings. The van der Waals surface area contributed by atoms with Crippen LogP contribution in [0.1, 0.15) is 56.1 Å². The van der Waals surface area contributed by atoms with Crippen molar-refractivity contribution in [3.8, 4) is 0 Å². The fourth-order valence-electron chi connectivity index (χ4n) is 4.05. The second-order valence-corrected chi connectivity index (χ2v) is 8.48. The van der Waals surface area contributed by atoms with Crippen molar-refractivity contribution in [3.63, 3.8) is 0 Å². The van der Waals surface area contributed by atoms with E-state index >= 15 is 0 Å².